The number of Topliss-reactive ketones (excluding diaryl/α,β-unsaturated/α-hetero) is 2. The average Bonchev–Trinajstić information content (AvgIpc) is 3.22. The van der Waals surface area contributed by atoms with Crippen molar-refractivity contribution >= 4 is 11.6 Å². The Morgan fingerprint density at radius 2 is 2.00 bits per heavy atom. The zero-order valence-corrected chi connectivity index (χ0v) is 16.1. The lowest BCUT2D eigenvalue weighted by atomic mass is 9.45. The first-order chi connectivity index (χ1) is 12.4. The van der Waals surface area contributed by atoms with Crippen LogP contribution in [-0.2, 0) is 14.3 Å². The Hall–Kier alpha value is -1.00. The van der Waals surface area contributed by atoms with Crippen molar-refractivity contribution in [2.45, 2.75) is 64.0 Å². The molecule has 140 valence electrons. The number of ketones is 2. The number of nitrogens with zero attached hydrogens (tertiary/aromatic N) is 1. The molecule has 2 aliphatic heterocycles. The predicted molar refractivity (Wildman–Crippen MR) is 96.5 cm³/mol. The van der Waals surface area contributed by atoms with Gasteiger partial charge in [-0.3, -0.25) is 14.5 Å². The van der Waals surface area contributed by atoms with Gasteiger partial charge in [0.25, 0.3) is 0 Å². The molecule has 0 aromatic heterocycles. The number of methoxy groups -OCH3 is 1. The van der Waals surface area contributed by atoms with Crippen LogP contribution >= 0.6 is 0 Å². The Balaban J connectivity index is 1.68. The number of ether oxygens (including phenoxy) is 1. The van der Waals surface area contributed by atoms with Crippen molar-refractivity contribution in [3.63, 3.8) is 0 Å². The predicted octanol–water partition coefficient (Wildman–Crippen LogP) is 2.76. The Labute approximate surface area is 155 Å². The van der Waals surface area contributed by atoms with E-state index in [0.29, 0.717) is 30.1 Å². The molecule has 4 aliphatic carbocycles. The van der Waals surface area contributed by atoms with E-state index < -0.39 is 11.0 Å². The smallest absolute Gasteiger partial charge is 0.162 e. The number of hydrogen-bond acceptors (Lipinski definition) is 4. The van der Waals surface area contributed by atoms with Crippen LogP contribution in [0.2, 0.25) is 0 Å². The summed E-state index contributed by atoms with van der Waals surface area (Å²) in [6.07, 6.45) is 5.14. The SMILES string of the molecule is CO[C@]12CC[C@@H]3CN4C[C@@H](C)[C@H]5C[C@@H]4[C@]3(C)[C@]3(CCC(=C13)C(=O)C2)C5=O. The highest BCUT2D eigenvalue weighted by Gasteiger charge is 2.77. The number of allylic oxidation sites excluding steroid dienone is 1. The molecule has 6 rings (SSSR count). The maximum absolute atomic E-state index is 14.2. The van der Waals surface area contributed by atoms with Crippen molar-refractivity contribution in [2.24, 2.45) is 28.6 Å². The number of carbonyl (C=O) groups is 2. The molecule has 0 aromatic carbocycles. The highest BCUT2D eigenvalue weighted by molar-refractivity contribution is 6.06. The van der Waals surface area contributed by atoms with Crippen molar-refractivity contribution in [3.8, 4) is 0 Å². The zero-order chi connectivity index (χ0) is 18.1. The summed E-state index contributed by atoms with van der Waals surface area (Å²) >= 11 is 0. The lowest BCUT2D eigenvalue weighted by Crippen LogP contribution is -2.65. The molecule has 6 aliphatic rings. The minimum absolute atomic E-state index is 0.0251. The molecule has 2 bridgehead atoms. The molecule has 0 amide bonds. The number of rotatable bonds is 1. The topological polar surface area (TPSA) is 46.6 Å². The fraction of sp³-hybridized carbons (Fsp3) is 0.818. The Morgan fingerprint density at radius 3 is 2.77 bits per heavy atom. The second-order valence-corrected chi connectivity index (χ2v) is 10.2. The second-order valence-electron chi connectivity index (χ2n) is 10.2. The van der Waals surface area contributed by atoms with Crippen LogP contribution in [0.3, 0.4) is 0 Å². The third-order valence-electron chi connectivity index (χ3n) is 9.80. The van der Waals surface area contributed by atoms with Crippen LogP contribution in [0, 0.1) is 28.6 Å². The second kappa shape index (κ2) is 4.52. The highest BCUT2D eigenvalue weighted by Crippen LogP contribution is 2.74. The Morgan fingerprint density at radius 1 is 1.19 bits per heavy atom. The first kappa shape index (κ1) is 16.0. The summed E-state index contributed by atoms with van der Waals surface area (Å²) in [6, 6.07) is 0.501. The van der Waals surface area contributed by atoms with Gasteiger partial charge in [0.05, 0.1) is 11.0 Å². The first-order valence-electron chi connectivity index (χ1n) is 10.5. The minimum atomic E-state index is -0.494. The molecule has 4 fully saturated rings. The monoisotopic (exact) mass is 355 g/mol. The van der Waals surface area contributed by atoms with E-state index in [-0.39, 0.29) is 17.1 Å². The number of piperidine rings is 1. The molecular formula is C22H29NO3. The largest absolute Gasteiger partial charge is 0.373 e. The molecule has 2 saturated carbocycles. The molecular weight excluding hydrogens is 326 g/mol. The maximum Gasteiger partial charge on any atom is 0.162 e. The normalized spacial score (nSPS) is 54.7. The van der Waals surface area contributed by atoms with Crippen molar-refractivity contribution < 1.29 is 14.3 Å². The molecule has 4 heteroatoms. The lowest BCUT2D eigenvalue weighted by molar-refractivity contribution is -0.159. The molecule has 0 radical (unpaired) electrons. The third kappa shape index (κ3) is 1.37. The third-order valence-corrected chi connectivity index (χ3v) is 9.80. The summed E-state index contributed by atoms with van der Waals surface area (Å²) in [5.41, 5.74) is 1.18. The molecule has 0 aromatic rings. The summed E-state index contributed by atoms with van der Waals surface area (Å²) in [5.74, 6) is 1.86. The van der Waals surface area contributed by atoms with Crippen LogP contribution in [0.1, 0.15) is 52.4 Å². The molecule has 0 N–H and O–H groups in total. The van der Waals surface area contributed by atoms with Crippen molar-refractivity contribution in [3.05, 3.63) is 11.1 Å². The van der Waals surface area contributed by atoms with Crippen molar-refractivity contribution in [1.29, 1.82) is 0 Å². The van der Waals surface area contributed by atoms with E-state index in [1.54, 1.807) is 7.11 Å². The van der Waals surface area contributed by atoms with Gasteiger partial charge < -0.3 is 4.74 Å². The highest BCUT2D eigenvalue weighted by atomic mass is 16.5. The van der Waals surface area contributed by atoms with E-state index >= 15 is 0 Å². The summed E-state index contributed by atoms with van der Waals surface area (Å²) in [5, 5.41) is 0. The van der Waals surface area contributed by atoms with E-state index in [1.165, 1.54) is 0 Å². The van der Waals surface area contributed by atoms with E-state index in [4.69, 9.17) is 4.74 Å². The molecule has 0 unspecified atom stereocenters. The molecule has 1 spiro atoms. The minimum Gasteiger partial charge on any atom is -0.373 e. The fourth-order valence-corrected chi connectivity index (χ4v) is 8.69. The molecule has 26 heavy (non-hydrogen) atoms. The summed E-state index contributed by atoms with van der Waals surface area (Å²) in [7, 11) is 1.77. The van der Waals surface area contributed by atoms with Crippen LogP contribution in [-0.4, -0.2) is 48.3 Å². The van der Waals surface area contributed by atoms with Gasteiger partial charge in [0.15, 0.2) is 5.78 Å². The van der Waals surface area contributed by atoms with Crippen LogP contribution in [0.25, 0.3) is 0 Å². The van der Waals surface area contributed by atoms with E-state index in [9.17, 15) is 9.59 Å². The van der Waals surface area contributed by atoms with Gasteiger partial charge in [-0.25, -0.2) is 0 Å². The molecule has 2 heterocycles. The quantitative estimate of drug-likeness (QED) is 0.726. The van der Waals surface area contributed by atoms with E-state index in [2.05, 4.69) is 18.7 Å². The molecule has 7 atom stereocenters. The average molecular weight is 355 g/mol. The van der Waals surface area contributed by atoms with E-state index in [0.717, 1.165) is 56.3 Å². The van der Waals surface area contributed by atoms with Gasteiger partial charge in [-0.2, -0.15) is 0 Å². The summed E-state index contributed by atoms with van der Waals surface area (Å²) < 4.78 is 6.14. The van der Waals surface area contributed by atoms with Crippen LogP contribution < -0.4 is 0 Å². The van der Waals surface area contributed by atoms with Crippen LogP contribution in [0.4, 0.5) is 0 Å². The number of carbonyl (C=O) groups excluding carboxylic acids is 2. The maximum atomic E-state index is 14.2. The lowest BCUT2D eigenvalue weighted by Gasteiger charge is -2.60. The molecule has 2 saturated heterocycles. The van der Waals surface area contributed by atoms with Gasteiger partial charge in [-0.1, -0.05) is 13.8 Å². The van der Waals surface area contributed by atoms with Gasteiger partial charge in [-0.15, -0.1) is 0 Å². The standard InChI is InChI=1S/C22H29NO3/c1-12-10-23-11-13-4-6-21(26-3)9-16(24)14-5-7-22(18(14)21)19(25)15(12)8-17(23)20(13,22)2/h12-13,15,17H,4-11H2,1-3H3/t12-,13-,15-,17-,20-,21+,22+/m1/s1. The number of hydrogen-bond donors (Lipinski definition) is 0. The summed E-state index contributed by atoms with van der Waals surface area (Å²) in [6.45, 7) is 6.88. The summed E-state index contributed by atoms with van der Waals surface area (Å²) in [4.78, 5) is 29.8. The fourth-order valence-electron chi connectivity index (χ4n) is 8.69. The van der Waals surface area contributed by atoms with Crippen LogP contribution in [0.5, 0.6) is 0 Å². The van der Waals surface area contributed by atoms with Gasteiger partial charge in [0, 0.05) is 44.0 Å². The zero-order valence-electron chi connectivity index (χ0n) is 16.1. The van der Waals surface area contributed by atoms with Crippen molar-refractivity contribution in [2.75, 3.05) is 20.2 Å². The Kier molecular flexibility index (Phi) is 2.78. The van der Waals surface area contributed by atoms with Crippen molar-refractivity contribution in [1.82, 2.24) is 4.90 Å². The van der Waals surface area contributed by atoms with Gasteiger partial charge in [-0.05, 0) is 55.1 Å². The Bertz CT molecular complexity index is 786. The van der Waals surface area contributed by atoms with Crippen LogP contribution in [0.15, 0.2) is 11.1 Å². The van der Waals surface area contributed by atoms with Gasteiger partial charge in [0.2, 0.25) is 0 Å². The first-order valence-corrected chi connectivity index (χ1v) is 10.5. The van der Waals surface area contributed by atoms with Gasteiger partial charge in [0.1, 0.15) is 5.78 Å². The number of fused-ring (bicyclic) bond motifs is 1. The van der Waals surface area contributed by atoms with Gasteiger partial charge >= 0.3 is 0 Å². The van der Waals surface area contributed by atoms with E-state index in [1.807, 2.05) is 0 Å². The molecule has 4 nitrogen and oxygen atoms in total.